The van der Waals surface area contributed by atoms with Crippen LogP contribution in [0.1, 0.15) is 58.8 Å². The van der Waals surface area contributed by atoms with Gasteiger partial charge < -0.3 is 15.3 Å². The molecule has 0 heterocycles. The van der Waals surface area contributed by atoms with Crippen molar-refractivity contribution in [2.45, 2.75) is 71.0 Å². The summed E-state index contributed by atoms with van der Waals surface area (Å²) in [4.78, 5) is 34.8. The average molecular weight is 378 g/mol. The molecule has 0 aromatic heterocycles. The summed E-state index contributed by atoms with van der Waals surface area (Å²) in [6.45, 7) is 3.60. The van der Waals surface area contributed by atoms with Crippen molar-refractivity contribution in [3.63, 3.8) is 0 Å². The number of aliphatic hydroxyl groups is 2. The molecule has 1 rings (SSSR count). The van der Waals surface area contributed by atoms with Crippen molar-refractivity contribution in [1.29, 1.82) is 0 Å². The molecule has 1 aliphatic rings. The van der Waals surface area contributed by atoms with Crippen LogP contribution in [0.15, 0.2) is 12.2 Å². The molecule has 0 aromatic carbocycles. The zero-order valence-electron chi connectivity index (χ0n) is 16.1. The number of hydrogen-bond acceptors (Lipinski definition) is 5. The number of aliphatic hydroxyl groups excluding tert-OH is 2. The molecule has 0 unspecified atom stereocenters. The lowest BCUT2D eigenvalue weighted by molar-refractivity contribution is -0.137. The molecule has 0 bridgehead atoms. The van der Waals surface area contributed by atoms with E-state index in [-0.39, 0.29) is 43.2 Å². The first kappa shape index (κ1) is 23.1. The van der Waals surface area contributed by atoms with E-state index in [4.69, 9.17) is 5.11 Å². The van der Waals surface area contributed by atoms with E-state index in [0.29, 0.717) is 19.3 Å². The lowest BCUT2D eigenvalue weighted by atomic mass is 9.87. The molecule has 6 nitrogen and oxygen atoms in total. The first-order chi connectivity index (χ1) is 12.8. The predicted molar refractivity (Wildman–Crippen MR) is 101 cm³/mol. The largest absolute Gasteiger partial charge is 0.481 e. The van der Waals surface area contributed by atoms with E-state index in [1.165, 1.54) is 0 Å². The highest BCUT2D eigenvalue weighted by Gasteiger charge is 2.40. The summed E-state index contributed by atoms with van der Waals surface area (Å²) in [5.74, 6) is 3.42. The molecule has 1 saturated carbocycles. The standard InChI is InChI=1S/C21H30O6/c1-3-4-7-14(2)18(23)11-10-16-17(20(25)13-19(16)24)12-15(22)8-5-6-9-21(26)27/h10-11,14,16-19,23-24H,5-9,12-13H2,1-2H3,(H,26,27)/b11-10+/t14-,16+,17+,18+,19+/m0/s1. The van der Waals surface area contributed by atoms with Gasteiger partial charge in [0, 0.05) is 43.9 Å². The Morgan fingerprint density at radius 3 is 2.59 bits per heavy atom. The molecular formula is C21H30O6. The van der Waals surface area contributed by atoms with Crippen molar-refractivity contribution in [3.05, 3.63) is 12.2 Å². The Morgan fingerprint density at radius 1 is 1.30 bits per heavy atom. The maximum Gasteiger partial charge on any atom is 0.303 e. The fourth-order valence-corrected chi connectivity index (χ4v) is 3.25. The Morgan fingerprint density at radius 2 is 1.96 bits per heavy atom. The van der Waals surface area contributed by atoms with Gasteiger partial charge >= 0.3 is 5.97 Å². The van der Waals surface area contributed by atoms with Crippen LogP contribution in [0.2, 0.25) is 0 Å². The molecule has 6 heteroatoms. The molecule has 27 heavy (non-hydrogen) atoms. The summed E-state index contributed by atoms with van der Waals surface area (Å²) in [5.41, 5.74) is 0. The second kappa shape index (κ2) is 11.7. The molecule has 1 fully saturated rings. The fourth-order valence-electron chi connectivity index (χ4n) is 3.25. The number of carboxylic acid groups (broad SMARTS) is 1. The van der Waals surface area contributed by atoms with Gasteiger partial charge in [-0.15, -0.1) is 11.8 Å². The third kappa shape index (κ3) is 8.06. The Hall–Kier alpha value is -1.97. The summed E-state index contributed by atoms with van der Waals surface area (Å²) in [7, 11) is 0. The Balaban J connectivity index is 2.62. The summed E-state index contributed by atoms with van der Waals surface area (Å²) >= 11 is 0. The first-order valence-corrected chi connectivity index (χ1v) is 9.46. The van der Waals surface area contributed by atoms with Crippen LogP contribution >= 0.6 is 0 Å². The van der Waals surface area contributed by atoms with Gasteiger partial charge in [0.1, 0.15) is 11.6 Å². The van der Waals surface area contributed by atoms with E-state index >= 15 is 0 Å². The van der Waals surface area contributed by atoms with Crippen LogP contribution in [-0.2, 0) is 14.4 Å². The lowest BCUT2D eigenvalue weighted by Crippen LogP contribution is -2.23. The normalized spacial score (nSPS) is 24.4. The zero-order chi connectivity index (χ0) is 20.4. The summed E-state index contributed by atoms with van der Waals surface area (Å²) in [5, 5.41) is 28.9. The SMILES string of the molecule is CC#CC[C@H](C)[C@H](O)/C=C/[C@H]1[C@H](O)CC(=O)[C@@H]1CC(=O)CCCCC(=O)O. The monoisotopic (exact) mass is 378 g/mol. The van der Waals surface area contributed by atoms with Crippen molar-refractivity contribution in [2.24, 2.45) is 17.8 Å². The fraction of sp³-hybridized carbons (Fsp3) is 0.667. The molecular weight excluding hydrogens is 348 g/mol. The molecule has 0 spiro atoms. The topological polar surface area (TPSA) is 112 Å². The predicted octanol–water partition coefficient (Wildman–Crippen LogP) is 2.12. The Bertz CT molecular complexity index is 612. The van der Waals surface area contributed by atoms with Crippen molar-refractivity contribution >= 4 is 17.5 Å². The van der Waals surface area contributed by atoms with Gasteiger partial charge in [-0.2, -0.15) is 0 Å². The molecule has 0 radical (unpaired) electrons. The maximum atomic E-state index is 12.2. The van der Waals surface area contributed by atoms with Crippen LogP contribution in [-0.4, -0.2) is 45.1 Å². The van der Waals surface area contributed by atoms with E-state index < -0.39 is 30.0 Å². The van der Waals surface area contributed by atoms with Crippen LogP contribution < -0.4 is 0 Å². The van der Waals surface area contributed by atoms with Crippen molar-refractivity contribution in [1.82, 2.24) is 0 Å². The van der Waals surface area contributed by atoms with Crippen molar-refractivity contribution in [2.75, 3.05) is 0 Å². The van der Waals surface area contributed by atoms with E-state index in [1.54, 1.807) is 19.1 Å². The quantitative estimate of drug-likeness (QED) is 0.288. The number of hydrogen-bond donors (Lipinski definition) is 3. The van der Waals surface area contributed by atoms with Crippen molar-refractivity contribution in [3.8, 4) is 11.8 Å². The average Bonchev–Trinajstić information content (AvgIpc) is 2.87. The number of carbonyl (C=O) groups is 3. The minimum Gasteiger partial charge on any atom is -0.481 e. The molecule has 0 aromatic rings. The minimum atomic E-state index is -0.889. The van der Waals surface area contributed by atoms with E-state index in [0.717, 1.165) is 0 Å². The van der Waals surface area contributed by atoms with Gasteiger partial charge in [-0.3, -0.25) is 14.4 Å². The van der Waals surface area contributed by atoms with Gasteiger partial charge in [0.15, 0.2) is 0 Å². The number of carbonyl (C=O) groups excluding carboxylic acids is 2. The van der Waals surface area contributed by atoms with E-state index in [9.17, 15) is 24.6 Å². The second-order valence-electron chi connectivity index (χ2n) is 7.25. The highest BCUT2D eigenvalue weighted by atomic mass is 16.4. The lowest BCUT2D eigenvalue weighted by Gasteiger charge is -2.18. The van der Waals surface area contributed by atoms with Crippen LogP contribution in [0.3, 0.4) is 0 Å². The summed E-state index contributed by atoms with van der Waals surface area (Å²) < 4.78 is 0. The number of carboxylic acids is 1. The van der Waals surface area contributed by atoms with Gasteiger partial charge in [-0.05, 0) is 25.7 Å². The number of rotatable bonds is 11. The molecule has 1 aliphatic carbocycles. The number of aliphatic carboxylic acids is 1. The number of unbranched alkanes of at least 4 members (excludes halogenated alkanes) is 1. The van der Waals surface area contributed by atoms with Crippen LogP contribution in [0.4, 0.5) is 0 Å². The van der Waals surface area contributed by atoms with Gasteiger partial charge in [-0.25, -0.2) is 0 Å². The van der Waals surface area contributed by atoms with Gasteiger partial charge in [0.2, 0.25) is 0 Å². The molecule has 150 valence electrons. The third-order valence-electron chi connectivity index (χ3n) is 4.99. The Kier molecular flexibility index (Phi) is 9.98. The van der Waals surface area contributed by atoms with Gasteiger partial charge in [0.05, 0.1) is 12.2 Å². The first-order valence-electron chi connectivity index (χ1n) is 9.46. The molecule has 0 saturated heterocycles. The molecule has 3 N–H and O–H groups in total. The van der Waals surface area contributed by atoms with Gasteiger partial charge in [0.25, 0.3) is 0 Å². The molecule has 0 amide bonds. The highest BCUT2D eigenvalue weighted by molar-refractivity contribution is 5.90. The smallest absolute Gasteiger partial charge is 0.303 e. The zero-order valence-corrected chi connectivity index (χ0v) is 16.1. The third-order valence-corrected chi connectivity index (χ3v) is 4.99. The molecule has 5 atom stereocenters. The summed E-state index contributed by atoms with van der Waals surface area (Å²) in [6.07, 6.45) is 3.42. The van der Waals surface area contributed by atoms with E-state index in [1.807, 2.05) is 6.92 Å². The van der Waals surface area contributed by atoms with E-state index in [2.05, 4.69) is 11.8 Å². The number of Topliss-reactive ketones (excluding diaryl/α,β-unsaturated/α-hetero) is 2. The summed E-state index contributed by atoms with van der Waals surface area (Å²) in [6, 6.07) is 0. The highest BCUT2D eigenvalue weighted by Crippen LogP contribution is 2.33. The number of ketones is 2. The maximum absolute atomic E-state index is 12.2. The molecule has 0 aliphatic heterocycles. The van der Waals surface area contributed by atoms with Crippen LogP contribution in [0.5, 0.6) is 0 Å². The van der Waals surface area contributed by atoms with Crippen LogP contribution in [0.25, 0.3) is 0 Å². The van der Waals surface area contributed by atoms with Gasteiger partial charge in [-0.1, -0.05) is 19.1 Å². The van der Waals surface area contributed by atoms with Crippen molar-refractivity contribution < 1.29 is 29.7 Å². The Labute approximate surface area is 160 Å². The van der Waals surface area contributed by atoms with Crippen LogP contribution in [0, 0.1) is 29.6 Å². The minimum absolute atomic E-state index is 0.0128. The second-order valence-corrected chi connectivity index (χ2v) is 7.25.